The summed E-state index contributed by atoms with van der Waals surface area (Å²) in [6.07, 6.45) is 0. The molecule has 1 rings (SSSR count). The number of hydrogen-bond donors (Lipinski definition) is 1. The topological polar surface area (TPSA) is 44.0 Å². The molecule has 0 radical (unpaired) electrons. The van der Waals surface area contributed by atoms with E-state index in [9.17, 15) is 5.11 Å². The van der Waals surface area contributed by atoms with Gasteiger partial charge in [-0.2, -0.15) is 5.26 Å². The van der Waals surface area contributed by atoms with Crippen molar-refractivity contribution in [3.63, 3.8) is 0 Å². The van der Waals surface area contributed by atoms with Gasteiger partial charge in [-0.3, -0.25) is 0 Å². The molecule has 1 N–H and O–H groups in total. The Bertz CT molecular complexity index is 464. The summed E-state index contributed by atoms with van der Waals surface area (Å²) >= 11 is 0. The van der Waals surface area contributed by atoms with Crippen LogP contribution in [0.25, 0.3) is 0 Å². The summed E-state index contributed by atoms with van der Waals surface area (Å²) in [4.78, 5) is 0. The third-order valence-corrected chi connectivity index (χ3v) is 2.12. The van der Waals surface area contributed by atoms with Gasteiger partial charge in [0.1, 0.15) is 5.75 Å². The minimum atomic E-state index is 0.0107. The Morgan fingerprint density at radius 2 is 1.93 bits per heavy atom. The monoisotopic (exact) mass is 199 g/mol. The Balaban J connectivity index is 3.24. The number of benzene rings is 1. The molecule has 0 aliphatic carbocycles. The van der Waals surface area contributed by atoms with E-state index >= 15 is 0 Å². The van der Waals surface area contributed by atoms with Crippen LogP contribution in [0.5, 0.6) is 5.75 Å². The number of phenolic OH excluding ortho intramolecular Hbond substituents is 1. The lowest BCUT2D eigenvalue weighted by molar-refractivity contribution is 0.472. The highest BCUT2D eigenvalue weighted by Gasteiger charge is 2.14. The van der Waals surface area contributed by atoms with Crippen molar-refractivity contribution in [3.05, 3.63) is 29.3 Å². The highest BCUT2D eigenvalue weighted by atomic mass is 16.3. The van der Waals surface area contributed by atoms with Crippen molar-refractivity contribution in [1.29, 1.82) is 5.26 Å². The van der Waals surface area contributed by atoms with Gasteiger partial charge in [0.2, 0.25) is 0 Å². The van der Waals surface area contributed by atoms with Crippen molar-refractivity contribution >= 4 is 0 Å². The maximum absolute atomic E-state index is 9.52. The summed E-state index contributed by atoms with van der Waals surface area (Å²) in [5, 5.41) is 17.9. The number of nitriles is 1. The van der Waals surface area contributed by atoms with Crippen LogP contribution in [0.2, 0.25) is 0 Å². The van der Waals surface area contributed by atoms with Crippen LogP contribution in [-0.4, -0.2) is 5.11 Å². The normalized spacial score (nSPS) is 10.0. The maximum Gasteiger partial charge on any atom is 0.152 e. The third-order valence-electron chi connectivity index (χ3n) is 2.12. The zero-order valence-corrected chi connectivity index (χ0v) is 9.13. The Morgan fingerprint density at radius 3 is 2.47 bits per heavy atom. The SMILES string of the molecule is CC(C)(C)c1ccc(O)c(C#CC#N)c1. The number of hydrogen-bond acceptors (Lipinski definition) is 2. The molecule has 0 spiro atoms. The van der Waals surface area contributed by atoms with Crippen LogP contribution < -0.4 is 0 Å². The van der Waals surface area contributed by atoms with Gasteiger partial charge in [0.15, 0.2) is 6.07 Å². The first kappa shape index (κ1) is 11.1. The van der Waals surface area contributed by atoms with E-state index in [1.165, 1.54) is 0 Å². The predicted molar refractivity (Wildman–Crippen MR) is 59.3 cm³/mol. The number of rotatable bonds is 0. The van der Waals surface area contributed by atoms with Crippen molar-refractivity contribution in [2.24, 2.45) is 0 Å². The van der Waals surface area contributed by atoms with Gasteiger partial charge in [-0.1, -0.05) is 26.8 Å². The van der Waals surface area contributed by atoms with Crippen LogP contribution >= 0.6 is 0 Å². The van der Waals surface area contributed by atoms with E-state index in [1.54, 1.807) is 12.1 Å². The molecular weight excluding hydrogens is 186 g/mol. The van der Waals surface area contributed by atoms with Gasteiger partial charge in [0.25, 0.3) is 0 Å². The van der Waals surface area contributed by atoms with Crippen LogP contribution in [0.1, 0.15) is 31.9 Å². The average molecular weight is 199 g/mol. The smallest absolute Gasteiger partial charge is 0.152 e. The summed E-state index contributed by atoms with van der Waals surface area (Å²) in [6.45, 7) is 6.25. The van der Waals surface area contributed by atoms with Crippen molar-refractivity contribution in [3.8, 4) is 23.7 Å². The molecule has 0 aromatic heterocycles. The quantitative estimate of drug-likeness (QED) is 0.652. The van der Waals surface area contributed by atoms with Crippen LogP contribution in [0.15, 0.2) is 18.2 Å². The second-order valence-corrected chi connectivity index (χ2v) is 4.34. The van der Waals surface area contributed by atoms with Crippen LogP contribution in [0, 0.1) is 23.2 Å². The molecule has 0 heterocycles. The lowest BCUT2D eigenvalue weighted by Crippen LogP contribution is -2.10. The molecule has 0 bridgehead atoms. The minimum absolute atomic E-state index is 0.0107. The van der Waals surface area contributed by atoms with Gasteiger partial charge in [0.05, 0.1) is 5.56 Å². The summed E-state index contributed by atoms with van der Waals surface area (Å²) in [5.41, 5.74) is 1.60. The highest BCUT2D eigenvalue weighted by molar-refractivity contribution is 5.49. The Labute approximate surface area is 90.2 Å². The molecule has 0 aliphatic heterocycles. The van der Waals surface area contributed by atoms with Gasteiger partial charge < -0.3 is 5.11 Å². The van der Waals surface area contributed by atoms with Crippen molar-refractivity contribution < 1.29 is 5.11 Å². The average Bonchev–Trinajstić information content (AvgIpc) is 2.15. The van der Waals surface area contributed by atoms with E-state index < -0.39 is 0 Å². The van der Waals surface area contributed by atoms with Crippen LogP contribution in [0.3, 0.4) is 0 Å². The molecule has 2 nitrogen and oxygen atoms in total. The van der Waals surface area contributed by atoms with Gasteiger partial charge in [-0.15, -0.1) is 0 Å². The number of phenols is 1. The van der Waals surface area contributed by atoms with Crippen molar-refractivity contribution in [2.75, 3.05) is 0 Å². The summed E-state index contributed by atoms with van der Waals surface area (Å²) in [6, 6.07) is 7.03. The molecule has 76 valence electrons. The number of aromatic hydroxyl groups is 1. The summed E-state index contributed by atoms with van der Waals surface area (Å²) in [5.74, 6) is 5.01. The molecule has 0 amide bonds. The van der Waals surface area contributed by atoms with E-state index in [-0.39, 0.29) is 11.2 Å². The van der Waals surface area contributed by atoms with Crippen LogP contribution in [-0.2, 0) is 5.41 Å². The zero-order valence-electron chi connectivity index (χ0n) is 9.13. The summed E-state index contributed by atoms with van der Waals surface area (Å²) < 4.78 is 0. The lowest BCUT2D eigenvalue weighted by atomic mass is 9.86. The molecule has 2 heteroatoms. The van der Waals surface area contributed by atoms with Gasteiger partial charge in [-0.25, -0.2) is 0 Å². The van der Waals surface area contributed by atoms with Gasteiger partial charge >= 0.3 is 0 Å². The highest BCUT2D eigenvalue weighted by Crippen LogP contribution is 2.26. The first-order valence-electron chi connectivity index (χ1n) is 4.69. The first-order chi connectivity index (χ1) is 6.95. The standard InChI is InChI=1S/C13H13NO/c1-13(2,3)11-6-7-12(15)10(9-11)5-4-8-14/h6-7,9,15H,1-3H3. The molecular formula is C13H13NO. The molecule has 1 aromatic rings. The molecule has 0 atom stereocenters. The van der Waals surface area contributed by atoms with E-state index in [4.69, 9.17) is 5.26 Å². The summed E-state index contributed by atoms with van der Waals surface area (Å²) in [7, 11) is 0. The molecule has 0 saturated heterocycles. The maximum atomic E-state index is 9.52. The second-order valence-electron chi connectivity index (χ2n) is 4.34. The van der Waals surface area contributed by atoms with E-state index in [0.29, 0.717) is 5.56 Å². The Kier molecular flexibility index (Phi) is 3.02. The fourth-order valence-electron chi connectivity index (χ4n) is 1.20. The zero-order chi connectivity index (χ0) is 11.5. The predicted octanol–water partition coefficient (Wildman–Crippen LogP) is 2.56. The largest absolute Gasteiger partial charge is 0.507 e. The minimum Gasteiger partial charge on any atom is -0.507 e. The molecule has 0 fully saturated rings. The fraction of sp³-hybridized carbons (Fsp3) is 0.308. The molecule has 0 unspecified atom stereocenters. The van der Waals surface area contributed by atoms with Gasteiger partial charge in [0, 0.05) is 5.92 Å². The molecule has 0 aliphatic rings. The van der Waals surface area contributed by atoms with E-state index in [0.717, 1.165) is 5.56 Å². The molecule has 1 aromatic carbocycles. The first-order valence-corrected chi connectivity index (χ1v) is 4.69. The second kappa shape index (κ2) is 4.07. The van der Waals surface area contributed by atoms with E-state index in [2.05, 4.69) is 32.6 Å². The van der Waals surface area contributed by atoms with Gasteiger partial charge in [-0.05, 0) is 29.0 Å². The van der Waals surface area contributed by atoms with E-state index in [1.807, 2.05) is 12.1 Å². The van der Waals surface area contributed by atoms with Crippen LogP contribution in [0.4, 0.5) is 0 Å². The molecule has 0 saturated carbocycles. The number of nitrogens with zero attached hydrogens (tertiary/aromatic N) is 1. The fourth-order valence-corrected chi connectivity index (χ4v) is 1.20. The lowest BCUT2D eigenvalue weighted by Gasteiger charge is -2.19. The third kappa shape index (κ3) is 2.76. The van der Waals surface area contributed by atoms with Crippen molar-refractivity contribution in [2.45, 2.75) is 26.2 Å². The Hall–Kier alpha value is -1.93. The Morgan fingerprint density at radius 1 is 1.27 bits per heavy atom. The molecule has 15 heavy (non-hydrogen) atoms. The van der Waals surface area contributed by atoms with Crippen molar-refractivity contribution in [1.82, 2.24) is 0 Å².